The van der Waals surface area contributed by atoms with E-state index in [1.165, 1.54) is 11.8 Å². The third-order valence-corrected chi connectivity index (χ3v) is 5.58. The Labute approximate surface area is 172 Å². The van der Waals surface area contributed by atoms with Gasteiger partial charge in [0.15, 0.2) is 0 Å². The third kappa shape index (κ3) is 4.67. The molecule has 1 N–H and O–H groups in total. The number of nitrogens with zero attached hydrogens (tertiary/aromatic N) is 2. The van der Waals surface area contributed by atoms with Gasteiger partial charge in [-0.1, -0.05) is 48.8 Å². The predicted molar refractivity (Wildman–Crippen MR) is 109 cm³/mol. The first-order valence-electron chi connectivity index (χ1n) is 8.34. The van der Waals surface area contributed by atoms with Gasteiger partial charge in [-0.15, -0.1) is 0 Å². The fourth-order valence-corrected chi connectivity index (χ4v) is 4.84. The van der Waals surface area contributed by atoms with Crippen LogP contribution in [0, 0.1) is 0 Å². The molecule has 0 unspecified atom stereocenters. The first-order chi connectivity index (χ1) is 12.8. The van der Waals surface area contributed by atoms with Crippen molar-refractivity contribution >= 4 is 40.9 Å². The number of pyridine rings is 1. The first kappa shape index (κ1) is 19.8. The van der Waals surface area contributed by atoms with Gasteiger partial charge in [-0.3, -0.25) is 4.98 Å². The third-order valence-electron chi connectivity index (χ3n) is 4.03. The largest absolute Gasteiger partial charge is 0.478 e. The van der Waals surface area contributed by atoms with Gasteiger partial charge in [0.2, 0.25) is 0 Å². The van der Waals surface area contributed by atoms with Gasteiger partial charge >= 0.3 is 5.97 Å². The molecule has 0 fully saturated rings. The quantitative estimate of drug-likeness (QED) is 0.514. The number of halogens is 2. The van der Waals surface area contributed by atoms with E-state index in [1.807, 2.05) is 42.7 Å². The molecule has 0 amide bonds. The van der Waals surface area contributed by atoms with Crippen LogP contribution in [0.3, 0.4) is 0 Å². The van der Waals surface area contributed by atoms with Crippen molar-refractivity contribution in [3.63, 3.8) is 0 Å². The van der Waals surface area contributed by atoms with Gasteiger partial charge in [0.1, 0.15) is 0 Å². The summed E-state index contributed by atoms with van der Waals surface area (Å²) in [6.07, 6.45) is 5.15. The standard InChI is InChI=1S/C20H18Cl2N2O2S/c1-12(2)18-17(20(25)26)11-24(10-13-3-5-23-6-4-13)19(18)27-16-8-14(21)7-15(22)9-16/h3-9,11-12H,10H2,1-2H3,(H,25,26). The number of aromatic nitrogens is 2. The summed E-state index contributed by atoms with van der Waals surface area (Å²) in [5, 5.41) is 11.7. The van der Waals surface area contributed by atoms with Gasteiger partial charge in [-0.2, -0.15) is 0 Å². The fourth-order valence-electron chi connectivity index (χ4n) is 2.90. The minimum Gasteiger partial charge on any atom is -0.478 e. The molecule has 0 atom stereocenters. The molecule has 27 heavy (non-hydrogen) atoms. The number of hydrogen-bond acceptors (Lipinski definition) is 3. The van der Waals surface area contributed by atoms with Gasteiger partial charge < -0.3 is 9.67 Å². The molecule has 0 bridgehead atoms. The smallest absolute Gasteiger partial charge is 0.337 e. The molecule has 0 radical (unpaired) electrons. The minimum absolute atomic E-state index is 0.0481. The Morgan fingerprint density at radius 2 is 1.81 bits per heavy atom. The summed E-state index contributed by atoms with van der Waals surface area (Å²) in [5.41, 5.74) is 2.16. The second-order valence-corrected chi connectivity index (χ2v) is 8.35. The summed E-state index contributed by atoms with van der Waals surface area (Å²) < 4.78 is 1.97. The lowest BCUT2D eigenvalue weighted by molar-refractivity contribution is 0.0695. The van der Waals surface area contributed by atoms with Crippen LogP contribution in [0.25, 0.3) is 0 Å². The Morgan fingerprint density at radius 1 is 1.19 bits per heavy atom. The number of carboxylic acids is 1. The number of aromatic carboxylic acids is 1. The summed E-state index contributed by atoms with van der Waals surface area (Å²) in [5.74, 6) is -0.884. The number of carboxylic acid groups (broad SMARTS) is 1. The van der Waals surface area contributed by atoms with E-state index in [1.54, 1.807) is 24.7 Å². The Morgan fingerprint density at radius 3 is 2.37 bits per heavy atom. The van der Waals surface area contributed by atoms with Crippen LogP contribution in [0.1, 0.15) is 41.3 Å². The van der Waals surface area contributed by atoms with Crippen LogP contribution < -0.4 is 0 Å². The highest BCUT2D eigenvalue weighted by atomic mass is 35.5. The van der Waals surface area contributed by atoms with Gasteiger partial charge in [0.05, 0.1) is 10.6 Å². The van der Waals surface area contributed by atoms with Crippen molar-refractivity contribution in [2.75, 3.05) is 0 Å². The van der Waals surface area contributed by atoms with Crippen LogP contribution in [0.4, 0.5) is 0 Å². The van der Waals surface area contributed by atoms with E-state index < -0.39 is 5.97 Å². The molecular weight excluding hydrogens is 403 g/mol. The lowest BCUT2D eigenvalue weighted by Gasteiger charge is -2.14. The summed E-state index contributed by atoms with van der Waals surface area (Å²) in [4.78, 5) is 16.7. The summed E-state index contributed by atoms with van der Waals surface area (Å²) >= 11 is 13.7. The molecule has 3 aromatic rings. The van der Waals surface area contributed by atoms with E-state index in [2.05, 4.69) is 4.98 Å². The number of hydrogen-bond donors (Lipinski definition) is 1. The van der Waals surface area contributed by atoms with Crippen molar-refractivity contribution in [2.45, 2.75) is 36.2 Å². The van der Waals surface area contributed by atoms with Crippen molar-refractivity contribution in [3.05, 3.63) is 75.7 Å². The molecule has 0 aliphatic carbocycles. The topological polar surface area (TPSA) is 55.1 Å². The molecule has 140 valence electrons. The average Bonchev–Trinajstić information content (AvgIpc) is 2.93. The molecule has 0 aliphatic rings. The van der Waals surface area contributed by atoms with E-state index in [0.29, 0.717) is 22.2 Å². The van der Waals surface area contributed by atoms with Crippen molar-refractivity contribution in [1.82, 2.24) is 9.55 Å². The van der Waals surface area contributed by atoms with Crippen LogP contribution in [-0.2, 0) is 6.54 Å². The van der Waals surface area contributed by atoms with E-state index >= 15 is 0 Å². The average molecular weight is 421 g/mol. The van der Waals surface area contributed by atoms with Crippen molar-refractivity contribution in [3.8, 4) is 0 Å². The Hall–Kier alpha value is -1.95. The predicted octanol–water partition coefficient (Wildman–Crippen LogP) is 6.21. The number of rotatable bonds is 6. The van der Waals surface area contributed by atoms with Gasteiger partial charge in [-0.25, -0.2) is 4.79 Å². The Balaban J connectivity index is 2.11. The molecule has 2 heterocycles. The molecule has 2 aromatic heterocycles. The summed E-state index contributed by atoms with van der Waals surface area (Å²) in [7, 11) is 0. The molecular formula is C20H18Cl2N2O2S. The van der Waals surface area contributed by atoms with Gasteiger partial charge in [-0.05, 0) is 41.8 Å². The Kier molecular flexibility index (Phi) is 6.15. The van der Waals surface area contributed by atoms with E-state index in [4.69, 9.17) is 23.2 Å². The van der Waals surface area contributed by atoms with E-state index in [9.17, 15) is 9.90 Å². The number of carbonyl (C=O) groups is 1. The molecule has 1 aromatic carbocycles. The van der Waals surface area contributed by atoms with Crippen LogP contribution >= 0.6 is 35.0 Å². The molecule has 3 rings (SSSR count). The highest BCUT2D eigenvalue weighted by molar-refractivity contribution is 7.99. The van der Waals surface area contributed by atoms with Crippen LogP contribution in [0.5, 0.6) is 0 Å². The monoisotopic (exact) mass is 420 g/mol. The first-order valence-corrected chi connectivity index (χ1v) is 9.91. The van der Waals surface area contributed by atoms with E-state index in [0.717, 1.165) is 21.0 Å². The maximum Gasteiger partial charge on any atom is 0.337 e. The lowest BCUT2D eigenvalue weighted by Crippen LogP contribution is -2.02. The second kappa shape index (κ2) is 8.38. The van der Waals surface area contributed by atoms with Crippen molar-refractivity contribution in [2.24, 2.45) is 0 Å². The maximum absolute atomic E-state index is 11.8. The molecule has 0 saturated carbocycles. The van der Waals surface area contributed by atoms with Crippen LogP contribution in [0.15, 0.2) is 58.8 Å². The van der Waals surface area contributed by atoms with Crippen LogP contribution in [-0.4, -0.2) is 20.6 Å². The SMILES string of the molecule is CC(C)c1c(C(=O)O)cn(Cc2ccncc2)c1Sc1cc(Cl)cc(Cl)c1. The van der Waals surface area contributed by atoms with Gasteiger partial charge in [0.25, 0.3) is 0 Å². The maximum atomic E-state index is 11.8. The Bertz CT molecular complexity index is 951. The molecule has 0 spiro atoms. The molecule has 4 nitrogen and oxygen atoms in total. The second-order valence-electron chi connectivity index (χ2n) is 6.41. The lowest BCUT2D eigenvalue weighted by atomic mass is 10.0. The zero-order valence-electron chi connectivity index (χ0n) is 14.8. The molecule has 0 aliphatic heterocycles. The van der Waals surface area contributed by atoms with Crippen molar-refractivity contribution < 1.29 is 9.90 Å². The van der Waals surface area contributed by atoms with E-state index in [-0.39, 0.29) is 5.92 Å². The zero-order chi connectivity index (χ0) is 19.6. The van der Waals surface area contributed by atoms with Crippen molar-refractivity contribution in [1.29, 1.82) is 0 Å². The number of benzene rings is 1. The normalized spacial score (nSPS) is 11.1. The molecule has 0 saturated heterocycles. The van der Waals surface area contributed by atoms with Crippen LogP contribution in [0.2, 0.25) is 10.0 Å². The van der Waals surface area contributed by atoms with Gasteiger partial charge in [0, 0.05) is 45.6 Å². The zero-order valence-corrected chi connectivity index (χ0v) is 17.1. The highest BCUT2D eigenvalue weighted by Gasteiger charge is 2.23. The minimum atomic E-state index is -0.932. The molecule has 7 heteroatoms. The summed E-state index contributed by atoms with van der Waals surface area (Å²) in [6.45, 7) is 4.53. The highest BCUT2D eigenvalue weighted by Crippen LogP contribution is 2.39. The fraction of sp³-hybridized carbons (Fsp3) is 0.200. The summed E-state index contributed by atoms with van der Waals surface area (Å²) in [6, 6.07) is 9.16.